The molecule has 3 rings (SSSR count). The normalized spacial score (nSPS) is 12.8. The summed E-state index contributed by atoms with van der Waals surface area (Å²) in [6, 6.07) is 12.9. The Hall–Kier alpha value is -2.88. The molecule has 9 heteroatoms. The zero-order chi connectivity index (χ0) is 20.3. The lowest BCUT2D eigenvalue weighted by atomic mass is 10.2. The van der Waals surface area contributed by atoms with Crippen molar-refractivity contribution in [2.45, 2.75) is 17.9 Å². The molecule has 0 radical (unpaired) electrons. The van der Waals surface area contributed by atoms with E-state index in [1.54, 1.807) is 36.4 Å². The molecule has 0 aliphatic heterocycles. The van der Waals surface area contributed by atoms with Crippen molar-refractivity contribution in [3.63, 3.8) is 0 Å². The second kappa shape index (κ2) is 8.01. The lowest BCUT2D eigenvalue weighted by Crippen LogP contribution is -2.25. The quantitative estimate of drug-likeness (QED) is 0.490. The molecule has 0 saturated carbocycles. The van der Waals surface area contributed by atoms with Gasteiger partial charge in [0.15, 0.2) is 0 Å². The summed E-state index contributed by atoms with van der Waals surface area (Å²) < 4.78 is 34.8. The van der Waals surface area contributed by atoms with Gasteiger partial charge in [-0.15, -0.1) is 0 Å². The highest BCUT2D eigenvalue weighted by atomic mass is 32.2. The second-order valence-electron chi connectivity index (χ2n) is 6.28. The number of aromatic amines is 1. The van der Waals surface area contributed by atoms with Crippen molar-refractivity contribution in [3.05, 3.63) is 59.8 Å². The molecule has 1 atom stereocenters. The van der Waals surface area contributed by atoms with E-state index in [0.29, 0.717) is 16.7 Å². The molecule has 1 heterocycles. The number of carbonyl (C=O) groups is 1. The van der Waals surface area contributed by atoms with E-state index in [0.717, 1.165) is 5.56 Å². The smallest absolute Gasteiger partial charge is 0.297 e. The summed E-state index contributed by atoms with van der Waals surface area (Å²) in [5, 5.41) is 10.7. The highest BCUT2D eigenvalue weighted by Gasteiger charge is 2.18. The zero-order valence-corrected chi connectivity index (χ0v) is 15.9. The highest BCUT2D eigenvalue weighted by molar-refractivity contribution is 7.86. The van der Waals surface area contributed by atoms with E-state index in [2.05, 4.69) is 4.98 Å². The van der Waals surface area contributed by atoms with Gasteiger partial charge in [0.05, 0.1) is 11.5 Å². The van der Waals surface area contributed by atoms with Crippen LogP contribution in [0.2, 0.25) is 0 Å². The van der Waals surface area contributed by atoms with E-state index in [-0.39, 0.29) is 17.2 Å². The minimum absolute atomic E-state index is 0.0160. The third-order valence-corrected chi connectivity index (χ3v) is 5.34. The van der Waals surface area contributed by atoms with Crippen molar-refractivity contribution in [1.29, 1.82) is 0 Å². The number of amides is 1. The van der Waals surface area contributed by atoms with Crippen molar-refractivity contribution < 1.29 is 27.2 Å². The minimum Gasteiger partial charge on any atom is -0.490 e. The van der Waals surface area contributed by atoms with E-state index >= 15 is 0 Å². The number of nitrogens with two attached hydrogens (primary N) is 1. The Morgan fingerprint density at radius 3 is 2.57 bits per heavy atom. The SMILES string of the molecule is Cc1ccc(S(=O)(=O)OC[C@H](O)COc2cccc3[nH]c(C(N)=O)cc23)cc1. The molecule has 28 heavy (non-hydrogen) atoms. The van der Waals surface area contributed by atoms with Gasteiger partial charge in [-0.1, -0.05) is 23.8 Å². The fraction of sp³-hybridized carbons (Fsp3) is 0.211. The number of carbonyl (C=O) groups excluding carboxylic acids is 1. The molecule has 0 unspecified atom stereocenters. The number of primary amides is 1. The monoisotopic (exact) mass is 404 g/mol. The topological polar surface area (TPSA) is 132 Å². The van der Waals surface area contributed by atoms with Gasteiger partial charge in [0.1, 0.15) is 24.2 Å². The number of rotatable bonds is 8. The molecule has 1 aromatic heterocycles. The molecule has 3 aromatic rings. The summed E-state index contributed by atoms with van der Waals surface area (Å²) in [4.78, 5) is 14.2. The number of aromatic nitrogens is 1. The number of nitrogens with one attached hydrogen (secondary N) is 1. The van der Waals surface area contributed by atoms with Crippen LogP contribution in [0.5, 0.6) is 5.75 Å². The van der Waals surface area contributed by atoms with Gasteiger partial charge < -0.3 is 20.6 Å². The molecule has 148 valence electrons. The average molecular weight is 404 g/mol. The third-order valence-electron chi connectivity index (χ3n) is 4.05. The first-order valence-electron chi connectivity index (χ1n) is 8.45. The molecule has 0 spiro atoms. The Morgan fingerprint density at radius 1 is 1.18 bits per heavy atom. The van der Waals surface area contributed by atoms with Crippen LogP contribution in [-0.4, -0.2) is 43.7 Å². The maximum absolute atomic E-state index is 12.1. The number of ether oxygens (including phenoxy) is 1. The Labute approximate surface area is 162 Å². The van der Waals surface area contributed by atoms with Gasteiger partial charge in [0.25, 0.3) is 16.0 Å². The first-order chi connectivity index (χ1) is 13.3. The summed E-state index contributed by atoms with van der Waals surface area (Å²) in [6.07, 6.45) is -1.18. The van der Waals surface area contributed by atoms with Crippen molar-refractivity contribution >= 4 is 26.9 Å². The van der Waals surface area contributed by atoms with E-state index in [9.17, 15) is 18.3 Å². The molecule has 2 aromatic carbocycles. The molecule has 0 saturated heterocycles. The van der Waals surface area contributed by atoms with Crippen LogP contribution in [0.25, 0.3) is 10.9 Å². The van der Waals surface area contributed by atoms with Crippen LogP contribution in [0.15, 0.2) is 53.4 Å². The van der Waals surface area contributed by atoms with Gasteiger partial charge >= 0.3 is 0 Å². The van der Waals surface area contributed by atoms with E-state index < -0.39 is 28.7 Å². The molecule has 1 amide bonds. The summed E-state index contributed by atoms with van der Waals surface area (Å²) in [5.41, 5.74) is 7.07. The van der Waals surface area contributed by atoms with Crippen LogP contribution < -0.4 is 10.5 Å². The maximum Gasteiger partial charge on any atom is 0.297 e. The molecule has 4 N–H and O–H groups in total. The molecule has 0 aliphatic rings. The minimum atomic E-state index is -3.97. The number of aliphatic hydroxyl groups excluding tert-OH is 1. The molecule has 8 nitrogen and oxygen atoms in total. The molecule has 0 aliphatic carbocycles. The number of aliphatic hydroxyl groups is 1. The van der Waals surface area contributed by atoms with Crippen molar-refractivity contribution in [2.75, 3.05) is 13.2 Å². The first kappa shape index (κ1) is 19.9. The van der Waals surface area contributed by atoms with Gasteiger partial charge in [0, 0.05) is 10.9 Å². The van der Waals surface area contributed by atoms with Crippen LogP contribution in [0, 0.1) is 6.92 Å². The summed E-state index contributed by atoms with van der Waals surface area (Å²) in [7, 11) is -3.97. The largest absolute Gasteiger partial charge is 0.490 e. The number of hydrogen-bond acceptors (Lipinski definition) is 6. The van der Waals surface area contributed by atoms with Crippen molar-refractivity contribution in [2.24, 2.45) is 5.73 Å². The van der Waals surface area contributed by atoms with Gasteiger partial charge in [0.2, 0.25) is 0 Å². The lowest BCUT2D eigenvalue weighted by molar-refractivity contribution is 0.0654. The Balaban J connectivity index is 1.61. The number of benzene rings is 2. The van der Waals surface area contributed by atoms with Crippen LogP contribution >= 0.6 is 0 Å². The molecular weight excluding hydrogens is 384 g/mol. The van der Waals surface area contributed by atoms with Crippen LogP contribution in [0.4, 0.5) is 0 Å². The summed E-state index contributed by atoms with van der Waals surface area (Å²) >= 11 is 0. The first-order valence-corrected chi connectivity index (χ1v) is 9.85. The Morgan fingerprint density at radius 2 is 1.89 bits per heavy atom. The number of fused-ring (bicyclic) bond motifs is 1. The van der Waals surface area contributed by atoms with Crippen LogP contribution in [-0.2, 0) is 14.3 Å². The van der Waals surface area contributed by atoms with Crippen LogP contribution in [0.1, 0.15) is 16.1 Å². The van der Waals surface area contributed by atoms with Crippen LogP contribution in [0.3, 0.4) is 0 Å². The third kappa shape index (κ3) is 4.50. The van der Waals surface area contributed by atoms with E-state index in [4.69, 9.17) is 14.7 Å². The fourth-order valence-corrected chi connectivity index (χ4v) is 3.50. The molecule has 0 bridgehead atoms. The van der Waals surface area contributed by atoms with Crippen molar-refractivity contribution in [3.8, 4) is 5.75 Å². The van der Waals surface area contributed by atoms with Crippen molar-refractivity contribution in [1.82, 2.24) is 4.98 Å². The molecule has 0 fully saturated rings. The zero-order valence-electron chi connectivity index (χ0n) is 15.1. The number of hydrogen-bond donors (Lipinski definition) is 3. The lowest BCUT2D eigenvalue weighted by Gasteiger charge is -2.13. The number of aryl methyl sites for hydroxylation is 1. The maximum atomic E-state index is 12.1. The molecular formula is C19H20N2O6S. The summed E-state index contributed by atoms with van der Waals surface area (Å²) in [5.74, 6) is -0.182. The second-order valence-corrected chi connectivity index (χ2v) is 7.90. The predicted octanol–water partition coefficient (Wildman–Crippen LogP) is 1.72. The van der Waals surface area contributed by atoms with Gasteiger partial charge in [-0.25, -0.2) is 0 Å². The van der Waals surface area contributed by atoms with E-state index in [1.807, 2.05) is 6.92 Å². The fourth-order valence-electron chi connectivity index (χ4n) is 2.56. The highest BCUT2D eigenvalue weighted by Crippen LogP contribution is 2.26. The van der Waals surface area contributed by atoms with E-state index in [1.165, 1.54) is 12.1 Å². The van der Waals surface area contributed by atoms with Gasteiger partial charge in [-0.05, 0) is 37.3 Å². The Bertz CT molecular complexity index is 1090. The Kier molecular flexibility index (Phi) is 5.68. The average Bonchev–Trinajstić information content (AvgIpc) is 3.10. The van der Waals surface area contributed by atoms with Gasteiger partial charge in [-0.3, -0.25) is 8.98 Å². The predicted molar refractivity (Wildman–Crippen MR) is 103 cm³/mol. The number of H-pyrrole nitrogens is 1. The summed E-state index contributed by atoms with van der Waals surface area (Å²) in [6.45, 7) is 1.20. The standard InChI is InChI=1S/C19H20N2O6S/c1-12-5-7-14(8-6-12)28(24,25)27-11-13(22)10-26-18-4-2-3-16-15(18)9-17(21-16)19(20)23/h2-9,13,21-22H,10-11H2,1H3,(H2,20,23)/t13-/m1/s1. The van der Waals surface area contributed by atoms with Gasteiger partial charge in [-0.2, -0.15) is 8.42 Å².